The van der Waals surface area contributed by atoms with Gasteiger partial charge in [0.2, 0.25) is 5.75 Å². The first kappa shape index (κ1) is 15.6. The summed E-state index contributed by atoms with van der Waals surface area (Å²) in [6, 6.07) is 4.99. The second-order valence-electron chi connectivity index (χ2n) is 5.41. The lowest BCUT2D eigenvalue weighted by molar-refractivity contribution is -0.130. The van der Waals surface area contributed by atoms with Gasteiger partial charge < -0.3 is 25.0 Å². The van der Waals surface area contributed by atoms with Gasteiger partial charge in [0, 0.05) is 19.0 Å². The van der Waals surface area contributed by atoms with Gasteiger partial charge in [0.05, 0.1) is 6.10 Å². The second-order valence-corrected chi connectivity index (χ2v) is 5.41. The highest BCUT2D eigenvalue weighted by Crippen LogP contribution is 2.39. The summed E-state index contributed by atoms with van der Waals surface area (Å²) in [6.45, 7) is 4.33. The van der Waals surface area contributed by atoms with E-state index in [1.54, 1.807) is 12.1 Å². The van der Waals surface area contributed by atoms with Crippen molar-refractivity contribution in [1.29, 1.82) is 0 Å². The van der Waals surface area contributed by atoms with Crippen LogP contribution >= 0.6 is 0 Å². The van der Waals surface area contributed by atoms with Crippen molar-refractivity contribution in [3.8, 4) is 17.2 Å². The van der Waals surface area contributed by atoms with Gasteiger partial charge in [0.25, 0.3) is 0 Å². The number of phenols is 1. The minimum absolute atomic E-state index is 0.00188. The molecule has 6 nitrogen and oxygen atoms in total. The molecule has 2 rings (SSSR count). The van der Waals surface area contributed by atoms with Crippen LogP contribution in [-0.4, -0.2) is 47.4 Å². The maximum atomic E-state index is 12.1. The summed E-state index contributed by atoms with van der Waals surface area (Å²) in [7, 11) is 0. The third-order valence-corrected chi connectivity index (χ3v) is 3.16. The molecule has 1 aromatic carbocycles. The van der Waals surface area contributed by atoms with Gasteiger partial charge in [-0.2, -0.15) is 0 Å². The molecule has 1 aliphatic heterocycles. The number of carbonyl (C=O) groups excluding carboxylic acids is 1. The van der Waals surface area contributed by atoms with Crippen molar-refractivity contribution < 1.29 is 24.5 Å². The Morgan fingerprint density at radius 2 is 2.24 bits per heavy atom. The van der Waals surface area contributed by atoms with Crippen molar-refractivity contribution in [3.05, 3.63) is 18.2 Å². The molecular formula is C15H21NO5. The van der Waals surface area contributed by atoms with E-state index in [1.165, 1.54) is 6.07 Å². The van der Waals surface area contributed by atoms with E-state index in [0.717, 1.165) is 0 Å². The molecule has 2 atom stereocenters. The number of benzene rings is 1. The number of carbonyl (C=O) groups is 1. The number of ether oxygens (including phenoxy) is 2. The number of aromatic hydroxyl groups is 1. The maximum Gasteiger partial charge on any atom is 0.203 e. The molecule has 1 heterocycles. The van der Waals surface area contributed by atoms with Crippen molar-refractivity contribution in [2.45, 2.75) is 38.5 Å². The number of ketones is 1. The topological polar surface area (TPSA) is 88.0 Å². The first-order valence-corrected chi connectivity index (χ1v) is 7.03. The van der Waals surface area contributed by atoms with Gasteiger partial charge in [-0.15, -0.1) is 0 Å². The van der Waals surface area contributed by atoms with Crippen molar-refractivity contribution in [3.63, 3.8) is 0 Å². The van der Waals surface area contributed by atoms with E-state index < -0.39 is 12.2 Å². The van der Waals surface area contributed by atoms with E-state index in [4.69, 9.17) is 9.47 Å². The minimum Gasteiger partial charge on any atom is -0.504 e. The lowest BCUT2D eigenvalue weighted by Crippen LogP contribution is -2.40. The lowest BCUT2D eigenvalue weighted by atomic mass is 10.1. The van der Waals surface area contributed by atoms with Gasteiger partial charge in [-0.05, 0) is 12.1 Å². The average molecular weight is 295 g/mol. The molecule has 0 fully saturated rings. The number of para-hydroxylation sites is 1. The molecule has 2 unspecified atom stereocenters. The number of aliphatic hydroxyl groups is 1. The monoisotopic (exact) mass is 295 g/mol. The van der Waals surface area contributed by atoms with Crippen molar-refractivity contribution >= 4 is 5.78 Å². The summed E-state index contributed by atoms with van der Waals surface area (Å²) in [5.74, 6) is 0.361. The van der Waals surface area contributed by atoms with Gasteiger partial charge in [0.15, 0.2) is 23.4 Å². The molecule has 0 amide bonds. The van der Waals surface area contributed by atoms with Crippen molar-refractivity contribution in [2.75, 3.05) is 13.2 Å². The first-order valence-electron chi connectivity index (χ1n) is 7.03. The number of fused-ring (bicyclic) bond motifs is 1. The van der Waals surface area contributed by atoms with E-state index in [1.807, 2.05) is 13.8 Å². The third kappa shape index (κ3) is 4.09. The highest BCUT2D eigenvalue weighted by Gasteiger charge is 2.29. The van der Waals surface area contributed by atoms with Gasteiger partial charge in [-0.3, -0.25) is 4.79 Å². The number of hydrogen-bond donors (Lipinski definition) is 3. The Morgan fingerprint density at radius 3 is 2.95 bits per heavy atom. The Balaban J connectivity index is 1.90. The fourth-order valence-corrected chi connectivity index (χ4v) is 2.05. The Bertz CT molecular complexity index is 503. The Labute approximate surface area is 123 Å². The number of rotatable bonds is 6. The molecule has 1 aliphatic rings. The van der Waals surface area contributed by atoms with Crippen LogP contribution in [0.5, 0.6) is 17.2 Å². The van der Waals surface area contributed by atoms with Crippen molar-refractivity contribution in [1.82, 2.24) is 5.32 Å². The Morgan fingerprint density at radius 1 is 1.48 bits per heavy atom. The Hall–Kier alpha value is -1.79. The van der Waals surface area contributed by atoms with Crippen LogP contribution in [0.2, 0.25) is 0 Å². The maximum absolute atomic E-state index is 12.1. The largest absolute Gasteiger partial charge is 0.504 e. The lowest BCUT2D eigenvalue weighted by Gasteiger charge is -2.26. The van der Waals surface area contributed by atoms with E-state index in [9.17, 15) is 15.0 Å². The molecule has 0 bridgehead atoms. The molecule has 116 valence electrons. The molecule has 0 radical (unpaired) electrons. The van der Waals surface area contributed by atoms with E-state index in [-0.39, 0.29) is 36.4 Å². The fourth-order valence-electron chi connectivity index (χ4n) is 2.05. The molecule has 0 saturated carbocycles. The fraction of sp³-hybridized carbons (Fsp3) is 0.533. The van der Waals surface area contributed by atoms with Crippen LogP contribution in [0.1, 0.15) is 20.3 Å². The van der Waals surface area contributed by atoms with Crippen LogP contribution in [0.4, 0.5) is 0 Å². The summed E-state index contributed by atoms with van der Waals surface area (Å²) in [5.41, 5.74) is 0. The summed E-state index contributed by atoms with van der Waals surface area (Å²) in [5, 5.41) is 22.5. The van der Waals surface area contributed by atoms with Crippen LogP contribution in [0.15, 0.2) is 18.2 Å². The second kappa shape index (κ2) is 6.78. The van der Waals surface area contributed by atoms with Crippen LogP contribution < -0.4 is 14.8 Å². The van der Waals surface area contributed by atoms with Gasteiger partial charge in [-0.25, -0.2) is 0 Å². The number of nitrogens with one attached hydrogen (secondary N) is 1. The summed E-state index contributed by atoms with van der Waals surface area (Å²) < 4.78 is 10.9. The third-order valence-electron chi connectivity index (χ3n) is 3.16. The Kier molecular flexibility index (Phi) is 5.03. The molecule has 0 spiro atoms. The van der Waals surface area contributed by atoms with Crippen LogP contribution in [-0.2, 0) is 4.79 Å². The normalized spacial score (nSPS) is 18.6. The molecule has 0 saturated heterocycles. The molecule has 0 aliphatic carbocycles. The molecular weight excluding hydrogens is 274 g/mol. The SMILES string of the molecule is CC(C)NCC(O)CC(=O)C1COc2c(O)cccc2O1. The highest BCUT2D eigenvalue weighted by atomic mass is 16.6. The van der Waals surface area contributed by atoms with E-state index >= 15 is 0 Å². The number of hydrogen-bond acceptors (Lipinski definition) is 6. The zero-order valence-electron chi connectivity index (χ0n) is 12.2. The zero-order valence-corrected chi connectivity index (χ0v) is 12.2. The number of Topliss-reactive ketones (excluding diaryl/α,β-unsaturated/α-hetero) is 1. The standard InChI is InChI=1S/C15H21NO5/c1-9(2)16-7-10(17)6-12(19)14-8-20-15-11(18)4-3-5-13(15)21-14/h3-5,9-10,14,16-18H,6-8H2,1-2H3. The summed E-state index contributed by atoms with van der Waals surface area (Å²) >= 11 is 0. The predicted molar refractivity (Wildman–Crippen MR) is 76.8 cm³/mol. The minimum atomic E-state index is -0.756. The number of aliphatic hydroxyl groups excluding tert-OH is 1. The van der Waals surface area contributed by atoms with E-state index in [0.29, 0.717) is 12.3 Å². The molecule has 6 heteroatoms. The van der Waals surface area contributed by atoms with Crippen LogP contribution in [0, 0.1) is 0 Å². The van der Waals surface area contributed by atoms with E-state index in [2.05, 4.69) is 5.32 Å². The average Bonchev–Trinajstić information content (AvgIpc) is 2.45. The molecule has 21 heavy (non-hydrogen) atoms. The zero-order chi connectivity index (χ0) is 15.4. The molecule has 3 N–H and O–H groups in total. The quantitative estimate of drug-likeness (QED) is 0.721. The van der Waals surface area contributed by atoms with Gasteiger partial charge in [-0.1, -0.05) is 19.9 Å². The summed E-state index contributed by atoms with van der Waals surface area (Å²) in [4.78, 5) is 12.1. The molecule has 1 aromatic rings. The van der Waals surface area contributed by atoms with Crippen LogP contribution in [0.25, 0.3) is 0 Å². The van der Waals surface area contributed by atoms with Crippen LogP contribution in [0.3, 0.4) is 0 Å². The predicted octanol–water partition coefficient (Wildman–Crippen LogP) is 0.850. The first-order chi connectivity index (χ1) is 9.97. The highest BCUT2D eigenvalue weighted by molar-refractivity contribution is 5.84. The van der Waals surface area contributed by atoms with Gasteiger partial charge >= 0.3 is 0 Å². The van der Waals surface area contributed by atoms with Crippen molar-refractivity contribution in [2.24, 2.45) is 0 Å². The molecule has 0 aromatic heterocycles. The van der Waals surface area contributed by atoms with Gasteiger partial charge in [0.1, 0.15) is 6.61 Å². The number of phenolic OH excluding ortho intramolecular Hbond substituents is 1. The summed E-state index contributed by atoms with van der Waals surface area (Å²) in [6.07, 6.45) is -1.51. The smallest absolute Gasteiger partial charge is 0.203 e.